The molecule has 3 heteroatoms. The van der Waals surface area contributed by atoms with Crippen molar-refractivity contribution >= 4 is 16.7 Å². The number of hydrogen-bond acceptors (Lipinski definition) is 3. The maximum absolute atomic E-state index is 6.10. The first-order valence-electron chi connectivity index (χ1n) is 6.52. The van der Waals surface area contributed by atoms with E-state index in [4.69, 9.17) is 10.7 Å². The molecular weight excluding hydrogens is 222 g/mol. The molecule has 2 aromatic rings. The van der Waals surface area contributed by atoms with Crippen molar-refractivity contribution in [3.63, 3.8) is 0 Å². The highest BCUT2D eigenvalue weighted by atomic mass is 15.2. The lowest BCUT2D eigenvalue weighted by Crippen LogP contribution is -2.29. The molecule has 1 aromatic heterocycles. The summed E-state index contributed by atoms with van der Waals surface area (Å²) in [6.07, 6.45) is 0. The number of nitrogens with zero attached hydrogens (tertiary/aromatic N) is 2. The van der Waals surface area contributed by atoms with Crippen LogP contribution >= 0.6 is 0 Å². The normalized spacial score (nSPS) is 23.8. The molecule has 1 aliphatic heterocycles. The van der Waals surface area contributed by atoms with E-state index in [9.17, 15) is 0 Å². The lowest BCUT2D eigenvalue weighted by Gasteiger charge is -2.19. The fraction of sp³-hybridized carbons (Fsp3) is 0.400. The Bertz CT molecular complexity index is 569. The van der Waals surface area contributed by atoms with Crippen LogP contribution in [-0.2, 0) is 0 Å². The van der Waals surface area contributed by atoms with Crippen LogP contribution in [0.4, 0.5) is 5.82 Å². The molecule has 0 amide bonds. The molecule has 2 unspecified atom stereocenters. The van der Waals surface area contributed by atoms with Crippen LogP contribution in [0, 0.1) is 12.8 Å². The summed E-state index contributed by atoms with van der Waals surface area (Å²) < 4.78 is 0. The fourth-order valence-corrected chi connectivity index (χ4v) is 2.70. The van der Waals surface area contributed by atoms with Gasteiger partial charge in [0.05, 0.1) is 5.52 Å². The Morgan fingerprint density at radius 3 is 2.78 bits per heavy atom. The van der Waals surface area contributed by atoms with Gasteiger partial charge in [-0.25, -0.2) is 4.98 Å². The molecule has 18 heavy (non-hydrogen) atoms. The van der Waals surface area contributed by atoms with Crippen molar-refractivity contribution in [1.29, 1.82) is 0 Å². The van der Waals surface area contributed by atoms with Gasteiger partial charge in [-0.05, 0) is 30.5 Å². The zero-order valence-corrected chi connectivity index (χ0v) is 10.9. The molecule has 0 radical (unpaired) electrons. The van der Waals surface area contributed by atoms with Crippen LogP contribution in [0.25, 0.3) is 10.9 Å². The molecule has 3 nitrogen and oxygen atoms in total. The Morgan fingerprint density at radius 2 is 2.06 bits per heavy atom. The SMILES string of the molecule is Cc1cc2ccccc2nc1N1CC(C)C(N)C1. The van der Waals surface area contributed by atoms with E-state index in [1.807, 2.05) is 6.07 Å². The molecule has 1 aromatic carbocycles. The van der Waals surface area contributed by atoms with E-state index < -0.39 is 0 Å². The van der Waals surface area contributed by atoms with Crippen LogP contribution in [0.2, 0.25) is 0 Å². The zero-order valence-electron chi connectivity index (χ0n) is 10.9. The molecule has 0 aliphatic carbocycles. The van der Waals surface area contributed by atoms with Crippen LogP contribution in [0.1, 0.15) is 12.5 Å². The summed E-state index contributed by atoms with van der Waals surface area (Å²) in [5.41, 5.74) is 8.39. The third kappa shape index (κ3) is 1.85. The Labute approximate surface area is 108 Å². The number of hydrogen-bond donors (Lipinski definition) is 1. The lowest BCUT2D eigenvalue weighted by atomic mass is 10.1. The van der Waals surface area contributed by atoms with E-state index in [-0.39, 0.29) is 6.04 Å². The number of aromatic nitrogens is 1. The number of aryl methyl sites for hydroxylation is 1. The molecule has 3 rings (SSSR count). The van der Waals surface area contributed by atoms with Crippen molar-refractivity contribution in [3.8, 4) is 0 Å². The Hall–Kier alpha value is -1.61. The van der Waals surface area contributed by atoms with Crippen molar-refractivity contribution in [3.05, 3.63) is 35.9 Å². The maximum Gasteiger partial charge on any atom is 0.132 e. The van der Waals surface area contributed by atoms with Gasteiger partial charge in [0.25, 0.3) is 0 Å². The van der Waals surface area contributed by atoms with Crippen molar-refractivity contribution in [2.45, 2.75) is 19.9 Å². The highest BCUT2D eigenvalue weighted by molar-refractivity contribution is 5.81. The predicted octanol–water partition coefficient (Wildman–Crippen LogP) is 2.33. The van der Waals surface area contributed by atoms with Gasteiger partial charge in [0, 0.05) is 24.5 Å². The van der Waals surface area contributed by atoms with Gasteiger partial charge in [-0.15, -0.1) is 0 Å². The number of para-hydroxylation sites is 1. The van der Waals surface area contributed by atoms with Gasteiger partial charge in [-0.3, -0.25) is 0 Å². The fourth-order valence-electron chi connectivity index (χ4n) is 2.70. The minimum absolute atomic E-state index is 0.262. The van der Waals surface area contributed by atoms with Crippen molar-refractivity contribution in [1.82, 2.24) is 4.98 Å². The summed E-state index contributed by atoms with van der Waals surface area (Å²) >= 11 is 0. The molecule has 2 N–H and O–H groups in total. The summed E-state index contributed by atoms with van der Waals surface area (Å²) in [6.45, 7) is 6.25. The number of nitrogens with two attached hydrogens (primary N) is 1. The highest BCUT2D eigenvalue weighted by Gasteiger charge is 2.28. The number of anilines is 1. The van der Waals surface area contributed by atoms with Gasteiger partial charge < -0.3 is 10.6 Å². The van der Waals surface area contributed by atoms with Gasteiger partial charge in [0.1, 0.15) is 5.82 Å². The Balaban J connectivity index is 2.04. The van der Waals surface area contributed by atoms with E-state index in [1.165, 1.54) is 10.9 Å². The molecule has 0 saturated carbocycles. The number of pyridine rings is 1. The monoisotopic (exact) mass is 241 g/mol. The second kappa shape index (κ2) is 4.25. The second-order valence-corrected chi connectivity index (χ2v) is 5.37. The van der Waals surface area contributed by atoms with Gasteiger partial charge in [-0.1, -0.05) is 25.1 Å². The topological polar surface area (TPSA) is 42.2 Å². The summed E-state index contributed by atoms with van der Waals surface area (Å²) in [5, 5.41) is 1.20. The first-order chi connectivity index (χ1) is 8.65. The lowest BCUT2D eigenvalue weighted by molar-refractivity contribution is 0.566. The molecular formula is C15H19N3. The molecule has 2 heterocycles. The molecule has 1 aliphatic rings. The number of benzene rings is 1. The predicted molar refractivity (Wildman–Crippen MR) is 75.8 cm³/mol. The number of fused-ring (bicyclic) bond motifs is 1. The molecule has 94 valence electrons. The first-order valence-corrected chi connectivity index (χ1v) is 6.52. The van der Waals surface area contributed by atoms with Crippen LogP contribution in [-0.4, -0.2) is 24.1 Å². The van der Waals surface area contributed by atoms with Gasteiger partial charge >= 0.3 is 0 Å². The summed E-state index contributed by atoms with van der Waals surface area (Å²) in [6, 6.07) is 10.7. The smallest absolute Gasteiger partial charge is 0.132 e. The minimum Gasteiger partial charge on any atom is -0.354 e. The minimum atomic E-state index is 0.262. The van der Waals surface area contributed by atoms with E-state index in [2.05, 4.69) is 43.0 Å². The molecule has 0 spiro atoms. The average molecular weight is 241 g/mol. The van der Waals surface area contributed by atoms with Crippen molar-refractivity contribution < 1.29 is 0 Å². The number of rotatable bonds is 1. The second-order valence-electron chi connectivity index (χ2n) is 5.37. The van der Waals surface area contributed by atoms with Crippen LogP contribution in [0.3, 0.4) is 0 Å². The van der Waals surface area contributed by atoms with Gasteiger partial charge in [0.2, 0.25) is 0 Å². The van der Waals surface area contributed by atoms with Crippen molar-refractivity contribution in [2.24, 2.45) is 11.7 Å². The van der Waals surface area contributed by atoms with E-state index in [0.717, 1.165) is 24.4 Å². The standard InChI is InChI=1S/C15H19N3/c1-10-7-12-5-3-4-6-14(12)17-15(10)18-8-11(2)13(16)9-18/h3-7,11,13H,8-9,16H2,1-2H3. The van der Waals surface area contributed by atoms with Gasteiger partial charge in [-0.2, -0.15) is 0 Å². The highest BCUT2D eigenvalue weighted by Crippen LogP contribution is 2.27. The van der Waals surface area contributed by atoms with Crippen LogP contribution in [0.5, 0.6) is 0 Å². The maximum atomic E-state index is 6.10. The summed E-state index contributed by atoms with van der Waals surface area (Å²) in [7, 11) is 0. The largest absolute Gasteiger partial charge is 0.354 e. The van der Waals surface area contributed by atoms with Crippen molar-refractivity contribution in [2.75, 3.05) is 18.0 Å². The van der Waals surface area contributed by atoms with E-state index in [0.29, 0.717) is 5.92 Å². The van der Waals surface area contributed by atoms with E-state index >= 15 is 0 Å². The van der Waals surface area contributed by atoms with Gasteiger partial charge in [0.15, 0.2) is 0 Å². The van der Waals surface area contributed by atoms with E-state index in [1.54, 1.807) is 0 Å². The molecule has 1 saturated heterocycles. The quantitative estimate of drug-likeness (QED) is 0.833. The third-order valence-corrected chi connectivity index (χ3v) is 3.86. The molecule has 2 atom stereocenters. The third-order valence-electron chi connectivity index (χ3n) is 3.86. The summed E-state index contributed by atoms with van der Waals surface area (Å²) in [5.74, 6) is 1.63. The Kier molecular flexibility index (Phi) is 2.71. The average Bonchev–Trinajstić information content (AvgIpc) is 2.68. The van der Waals surface area contributed by atoms with Crippen LogP contribution in [0.15, 0.2) is 30.3 Å². The Morgan fingerprint density at radius 1 is 1.28 bits per heavy atom. The van der Waals surface area contributed by atoms with Crippen LogP contribution < -0.4 is 10.6 Å². The molecule has 0 bridgehead atoms. The zero-order chi connectivity index (χ0) is 12.7. The molecule has 1 fully saturated rings. The first kappa shape index (κ1) is 11.5. The summed E-state index contributed by atoms with van der Waals surface area (Å²) in [4.78, 5) is 7.11.